The minimum absolute atomic E-state index is 0.0241. The molecule has 0 radical (unpaired) electrons. The largest absolute Gasteiger partial charge is 0.356 e. The Bertz CT molecular complexity index is 1250. The maximum Gasteiger partial charge on any atom is 0.254 e. The molecule has 5 nitrogen and oxygen atoms in total. The summed E-state index contributed by atoms with van der Waals surface area (Å²) in [7, 11) is 0. The molecule has 6 heteroatoms. The van der Waals surface area contributed by atoms with Gasteiger partial charge in [-0.2, -0.15) is 0 Å². The molecule has 0 spiro atoms. The summed E-state index contributed by atoms with van der Waals surface area (Å²) in [5.41, 5.74) is 1.79. The number of benzene rings is 3. The fourth-order valence-corrected chi connectivity index (χ4v) is 5.56. The monoisotopic (exact) mass is 457 g/mol. The van der Waals surface area contributed by atoms with Crippen LogP contribution in [0, 0.1) is 5.92 Å². The van der Waals surface area contributed by atoms with E-state index in [0.29, 0.717) is 32.5 Å². The fourth-order valence-electron chi connectivity index (χ4n) is 4.55. The number of likely N-dealkylation sites (tertiary alicyclic amines) is 1. The van der Waals surface area contributed by atoms with E-state index in [4.69, 9.17) is 0 Å². The number of para-hydroxylation sites is 1. The number of amides is 2. The van der Waals surface area contributed by atoms with Gasteiger partial charge >= 0.3 is 0 Å². The third-order valence-corrected chi connectivity index (χ3v) is 7.47. The van der Waals surface area contributed by atoms with E-state index < -0.39 is 0 Å². The number of hydrogen-bond donors (Lipinski definition) is 1. The summed E-state index contributed by atoms with van der Waals surface area (Å²) in [6, 6.07) is 22.0. The lowest BCUT2D eigenvalue weighted by Crippen LogP contribution is -2.43. The van der Waals surface area contributed by atoms with Crippen molar-refractivity contribution < 1.29 is 9.59 Å². The molecule has 0 unspecified atom stereocenters. The predicted molar refractivity (Wildman–Crippen MR) is 134 cm³/mol. The van der Waals surface area contributed by atoms with Crippen molar-refractivity contribution in [2.24, 2.45) is 5.92 Å². The van der Waals surface area contributed by atoms with E-state index in [1.165, 1.54) is 4.70 Å². The summed E-state index contributed by atoms with van der Waals surface area (Å²) in [6.07, 6.45) is 3.17. The molecule has 1 fully saturated rings. The number of carbonyl (C=O) groups is 2. The van der Waals surface area contributed by atoms with Crippen LogP contribution in [0.4, 0.5) is 0 Å². The first-order chi connectivity index (χ1) is 16.2. The molecule has 168 valence electrons. The molecule has 2 heterocycles. The van der Waals surface area contributed by atoms with Gasteiger partial charge < -0.3 is 10.2 Å². The van der Waals surface area contributed by atoms with Crippen LogP contribution >= 0.6 is 11.3 Å². The van der Waals surface area contributed by atoms with Crippen molar-refractivity contribution in [1.82, 2.24) is 15.2 Å². The number of thiazole rings is 1. The van der Waals surface area contributed by atoms with Gasteiger partial charge in [-0.25, -0.2) is 4.98 Å². The molecular formula is C27H27N3O2S. The van der Waals surface area contributed by atoms with Crippen molar-refractivity contribution in [2.45, 2.75) is 25.7 Å². The Kier molecular flexibility index (Phi) is 6.35. The lowest BCUT2D eigenvalue weighted by atomic mass is 9.94. The summed E-state index contributed by atoms with van der Waals surface area (Å²) >= 11 is 1.72. The molecule has 3 aromatic carbocycles. The number of fused-ring (bicyclic) bond motifs is 2. The van der Waals surface area contributed by atoms with Crippen molar-refractivity contribution in [3.05, 3.63) is 77.3 Å². The van der Waals surface area contributed by atoms with Crippen molar-refractivity contribution >= 4 is 44.1 Å². The molecule has 0 bridgehead atoms. The van der Waals surface area contributed by atoms with Crippen molar-refractivity contribution in [1.29, 1.82) is 0 Å². The molecule has 1 saturated heterocycles. The lowest BCUT2D eigenvalue weighted by molar-refractivity contribution is -0.126. The molecule has 0 saturated carbocycles. The normalized spacial score (nSPS) is 14.6. The van der Waals surface area contributed by atoms with Gasteiger partial charge in [-0.1, -0.05) is 48.5 Å². The Labute approximate surface area is 197 Å². The van der Waals surface area contributed by atoms with E-state index >= 15 is 0 Å². The molecule has 33 heavy (non-hydrogen) atoms. The Morgan fingerprint density at radius 3 is 2.58 bits per heavy atom. The predicted octanol–water partition coefficient (Wildman–Crippen LogP) is 5.05. The van der Waals surface area contributed by atoms with Gasteiger partial charge in [0.2, 0.25) is 5.91 Å². The van der Waals surface area contributed by atoms with Crippen LogP contribution in [0.1, 0.15) is 34.6 Å². The first-order valence-corrected chi connectivity index (χ1v) is 12.4. The van der Waals surface area contributed by atoms with E-state index in [1.807, 2.05) is 65.6 Å². The number of aryl methyl sites for hydroxylation is 1. The van der Waals surface area contributed by atoms with E-state index in [9.17, 15) is 9.59 Å². The maximum absolute atomic E-state index is 13.1. The Morgan fingerprint density at radius 1 is 0.970 bits per heavy atom. The first-order valence-electron chi connectivity index (χ1n) is 11.6. The summed E-state index contributed by atoms with van der Waals surface area (Å²) < 4.78 is 1.21. The molecule has 0 atom stereocenters. The number of nitrogens with zero attached hydrogens (tertiary/aromatic N) is 2. The van der Waals surface area contributed by atoms with Crippen LogP contribution in [0.15, 0.2) is 66.7 Å². The quantitative estimate of drug-likeness (QED) is 0.412. The second-order valence-electron chi connectivity index (χ2n) is 8.56. The highest BCUT2D eigenvalue weighted by atomic mass is 32.1. The average Bonchev–Trinajstić information content (AvgIpc) is 3.29. The lowest BCUT2D eigenvalue weighted by Gasteiger charge is -2.31. The van der Waals surface area contributed by atoms with Gasteiger partial charge in [0.05, 0.1) is 15.2 Å². The van der Waals surface area contributed by atoms with Gasteiger partial charge in [0, 0.05) is 37.5 Å². The van der Waals surface area contributed by atoms with E-state index in [0.717, 1.165) is 39.7 Å². The van der Waals surface area contributed by atoms with Crippen molar-refractivity contribution in [3.63, 3.8) is 0 Å². The molecular weight excluding hydrogens is 430 g/mol. The Balaban J connectivity index is 1.09. The third-order valence-electron chi connectivity index (χ3n) is 6.38. The summed E-state index contributed by atoms with van der Waals surface area (Å²) in [6.45, 7) is 1.89. The first kappa shape index (κ1) is 21.6. The smallest absolute Gasteiger partial charge is 0.254 e. The van der Waals surface area contributed by atoms with Gasteiger partial charge in [-0.05, 0) is 48.2 Å². The summed E-state index contributed by atoms with van der Waals surface area (Å²) in [5.74, 6) is 0.141. The molecule has 1 aliphatic rings. The second-order valence-corrected chi connectivity index (χ2v) is 9.68. The maximum atomic E-state index is 13.1. The zero-order chi connectivity index (χ0) is 22.6. The number of nitrogens with one attached hydrogen (secondary N) is 1. The molecule has 4 aromatic rings. The van der Waals surface area contributed by atoms with Crippen LogP contribution in [-0.2, 0) is 11.2 Å². The second kappa shape index (κ2) is 9.71. The third kappa shape index (κ3) is 4.76. The number of rotatable bonds is 6. The highest BCUT2D eigenvalue weighted by Gasteiger charge is 2.28. The van der Waals surface area contributed by atoms with Crippen LogP contribution in [0.2, 0.25) is 0 Å². The van der Waals surface area contributed by atoms with Gasteiger partial charge in [-0.15, -0.1) is 11.3 Å². The van der Waals surface area contributed by atoms with Gasteiger partial charge in [0.25, 0.3) is 5.91 Å². The van der Waals surface area contributed by atoms with Crippen molar-refractivity contribution in [2.75, 3.05) is 19.6 Å². The zero-order valence-electron chi connectivity index (χ0n) is 18.5. The zero-order valence-corrected chi connectivity index (χ0v) is 19.3. The summed E-state index contributed by atoms with van der Waals surface area (Å²) in [4.78, 5) is 32.3. The topological polar surface area (TPSA) is 62.3 Å². The van der Waals surface area contributed by atoms with Gasteiger partial charge in [0.1, 0.15) is 0 Å². The highest BCUT2D eigenvalue weighted by molar-refractivity contribution is 7.18. The Hall–Kier alpha value is -3.25. The molecule has 0 aliphatic carbocycles. The van der Waals surface area contributed by atoms with E-state index in [-0.39, 0.29) is 17.7 Å². The van der Waals surface area contributed by atoms with E-state index in [1.54, 1.807) is 11.3 Å². The molecule has 1 aromatic heterocycles. The molecule has 1 N–H and O–H groups in total. The van der Waals surface area contributed by atoms with Crippen LogP contribution < -0.4 is 5.32 Å². The van der Waals surface area contributed by atoms with Crippen LogP contribution in [0.25, 0.3) is 21.0 Å². The number of piperidine rings is 1. The number of carbonyl (C=O) groups excluding carboxylic acids is 2. The van der Waals surface area contributed by atoms with Crippen LogP contribution in [0.3, 0.4) is 0 Å². The standard InChI is InChI=1S/C27H27N3O2S/c31-26(28-16-6-13-25-29-23-11-3-4-12-24(23)33-25)20-14-17-30(18-15-20)27(32)22-10-5-8-19-7-1-2-9-21(19)22/h1-5,7-12,20H,6,13-18H2,(H,28,31). The van der Waals surface area contributed by atoms with Crippen LogP contribution in [-0.4, -0.2) is 41.3 Å². The average molecular weight is 458 g/mol. The number of hydrogen-bond acceptors (Lipinski definition) is 4. The summed E-state index contributed by atoms with van der Waals surface area (Å²) in [5, 5.41) is 6.26. The number of aromatic nitrogens is 1. The molecule has 1 aliphatic heterocycles. The van der Waals surface area contributed by atoms with Gasteiger partial charge in [-0.3, -0.25) is 9.59 Å². The molecule has 2 amide bonds. The minimum atomic E-state index is -0.0241. The fraction of sp³-hybridized carbons (Fsp3) is 0.296. The SMILES string of the molecule is O=C(NCCCc1nc2ccccc2s1)C1CCN(C(=O)c2cccc3ccccc23)CC1. The highest BCUT2D eigenvalue weighted by Crippen LogP contribution is 2.24. The minimum Gasteiger partial charge on any atom is -0.356 e. The van der Waals surface area contributed by atoms with Crippen molar-refractivity contribution in [3.8, 4) is 0 Å². The van der Waals surface area contributed by atoms with Crippen LogP contribution in [0.5, 0.6) is 0 Å². The van der Waals surface area contributed by atoms with E-state index in [2.05, 4.69) is 16.4 Å². The molecule has 5 rings (SSSR count). The Morgan fingerprint density at radius 2 is 1.73 bits per heavy atom. The van der Waals surface area contributed by atoms with Gasteiger partial charge in [0.15, 0.2) is 0 Å².